The van der Waals surface area contributed by atoms with E-state index in [1.165, 1.54) is 25.3 Å². The molecular formula is C22H20Cl2N2O5S. The molecule has 0 aliphatic carbocycles. The fourth-order valence-electron chi connectivity index (χ4n) is 2.77. The lowest BCUT2D eigenvalue weighted by atomic mass is 10.2. The van der Waals surface area contributed by atoms with Crippen molar-refractivity contribution in [3.63, 3.8) is 0 Å². The summed E-state index contributed by atoms with van der Waals surface area (Å²) in [6.45, 7) is 1.43. The van der Waals surface area contributed by atoms with Crippen molar-refractivity contribution in [2.45, 2.75) is 11.8 Å². The number of methoxy groups -OCH3 is 1. The molecule has 0 unspecified atom stereocenters. The Bertz CT molecular complexity index is 1230. The first-order valence-electron chi connectivity index (χ1n) is 9.33. The predicted octanol–water partition coefficient (Wildman–Crippen LogP) is 5.13. The number of anilines is 2. The van der Waals surface area contributed by atoms with E-state index >= 15 is 0 Å². The number of hydrogen-bond acceptors (Lipinski definition) is 5. The van der Waals surface area contributed by atoms with Crippen LogP contribution in [0.1, 0.15) is 5.56 Å². The van der Waals surface area contributed by atoms with Gasteiger partial charge in [0.1, 0.15) is 11.5 Å². The zero-order chi connectivity index (χ0) is 23.3. The van der Waals surface area contributed by atoms with Gasteiger partial charge < -0.3 is 14.8 Å². The minimum absolute atomic E-state index is 0.0645. The second kappa shape index (κ2) is 10.1. The molecular weight excluding hydrogens is 475 g/mol. The summed E-state index contributed by atoms with van der Waals surface area (Å²) in [7, 11) is -2.30. The summed E-state index contributed by atoms with van der Waals surface area (Å²) >= 11 is 11.9. The highest BCUT2D eigenvalue weighted by Gasteiger charge is 2.16. The van der Waals surface area contributed by atoms with Crippen LogP contribution in [0.3, 0.4) is 0 Å². The Balaban J connectivity index is 1.63. The van der Waals surface area contributed by atoms with Gasteiger partial charge in [-0.1, -0.05) is 23.2 Å². The molecule has 0 aromatic heterocycles. The molecule has 7 nitrogen and oxygen atoms in total. The largest absolute Gasteiger partial charge is 0.495 e. The van der Waals surface area contributed by atoms with Crippen LogP contribution < -0.4 is 19.5 Å². The number of ether oxygens (including phenoxy) is 2. The third kappa shape index (κ3) is 6.06. The van der Waals surface area contributed by atoms with E-state index in [0.29, 0.717) is 38.5 Å². The van der Waals surface area contributed by atoms with Gasteiger partial charge in [0.25, 0.3) is 15.9 Å². The van der Waals surface area contributed by atoms with E-state index in [-0.39, 0.29) is 11.5 Å². The Morgan fingerprint density at radius 2 is 1.59 bits per heavy atom. The van der Waals surface area contributed by atoms with Crippen LogP contribution in [-0.4, -0.2) is 28.0 Å². The third-order valence-electron chi connectivity index (χ3n) is 4.35. The van der Waals surface area contributed by atoms with Crippen molar-refractivity contribution in [2.75, 3.05) is 23.8 Å². The molecule has 1 amide bonds. The summed E-state index contributed by atoms with van der Waals surface area (Å²) in [4.78, 5) is 12.3. The molecule has 0 bridgehead atoms. The van der Waals surface area contributed by atoms with E-state index in [9.17, 15) is 13.2 Å². The van der Waals surface area contributed by atoms with Crippen LogP contribution >= 0.6 is 23.2 Å². The van der Waals surface area contributed by atoms with Gasteiger partial charge >= 0.3 is 0 Å². The smallest absolute Gasteiger partial charge is 0.262 e. The van der Waals surface area contributed by atoms with Crippen molar-refractivity contribution in [2.24, 2.45) is 0 Å². The quantitative estimate of drug-likeness (QED) is 0.452. The zero-order valence-corrected chi connectivity index (χ0v) is 19.5. The number of carbonyl (C=O) groups excluding carboxylic acids is 1. The Kier molecular flexibility index (Phi) is 7.50. The number of sulfonamides is 1. The molecule has 0 aliphatic rings. The fraction of sp³-hybridized carbons (Fsp3) is 0.136. The van der Waals surface area contributed by atoms with Gasteiger partial charge in [0.2, 0.25) is 0 Å². The van der Waals surface area contributed by atoms with Crippen molar-refractivity contribution >= 4 is 50.5 Å². The van der Waals surface area contributed by atoms with Crippen molar-refractivity contribution in [3.8, 4) is 11.5 Å². The Hall–Kier alpha value is -2.94. The lowest BCUT2D eigenvalue weighted by molar-refractivity contribution is -0.118. The molecule has 0 radical (unpaired) electrons. The van der Waals surface area contributed by atoms with Crippen LogP contribution in [0.2, 0.25) is 10.0 Å². The molecule has 32 heavy (non-hydrogen) atoms. The van der Waals surface area contributed by atoms with Gasteiger partial charge in [-0.25, -0.2) is 8.42 Å². The summed E-state index contributed by atoms with van der Waals surface area (Å²) < 4.78 is 38.4. The third-order valence-corrected chi connectivity index (χ3v) is 6.27. The van der Waals surface area contributed by atoms with Crippen LogP contribution in [0.25, 0.3) is 0 Å². The number of rotatable bonds is 8. The van der Waals surface area contributed by atoms with Gasteiger partial charge in [-0.2, -0.15) is 0 Å². The van der Waals surface area contributed by atoms with Gasteiger partial charge in [0.15, 0.2) is 6.61 Å². The zero-order valence-electron chi connectivity index (χ0n) is 17.2. The Morgan fingerprint density at radius 1 is 0.938 bits per heavy atom. The number of benzene rings is 3. The van der Waals surface area contributed by atoms with Crippen LogP contribution in [0, 0.1) is 6.92 Å². The maximum atomic E-state index is 12.6. The summed E-state index contributed by atoms with van der Waals surface area (Å²) in [5.41, 5.74) is 1.45. The van der Waals surface area contributed by atoms with Gasteiger partial charge in [-0.3, -0.25) is 9.52 Å². The molecule has 0 spiro atoms. The van der Waals surface area contributed by atoms with E-state index in [0.717, 1.165) is 0 Å². The van der Waals surface area contributed by atoms with Crippen LogP contribution in [-0.2, 0) is 14.8 Å². The van der Waals surface area contributed by atoms with Crippen molar-refractivity contribution < 1.29 is 22.7 Å². The minimum Gasteiger partial charge on any atom is -0.495 e. The SMILES string of the molecule is COc1ccc(NC(=O)COc2ccc(S(=O)(=O)Nc3ccc(Cl)cc3)cc2C)cc1Cl. The molecule has 3 aromatic rings. The summed E-state index contributed by atoms with van der Waals surface area (Å²) in [5, 5.41) is 3.54. The van der Waals surface area contributed by atoms with Crippen LogP contribution in [0.5, 0.6) is 11.5 Å². The lowest BCUT2D eigenvalue weighted by Crippen LogP contribution is -2.20. The predicted molar refractivity (Wildman–Crippen MR) is 126 cm³/mol. The van der Waals surface area contributed by atoms with Gasteiger partial charge in [0, 0.05) is 16.4 Å². The number of halogens is 2. The first-order valence-corrected chi connectivity index (χ1v) is 11.6. The maximum Gasteiger partial charge on any atom is 0.262 e. The highest BCUT2D eigenvalue weighted by molar-refractivity contribution is 7.92. The Labute approximate surface area is 196 Å². The molecule has 2 N–H and O–H groups in total. The van der Waals surface area contributed by atoms with Crippen molar-refractivity contribution in [3.05, 3.63) is 76.3 Å². The lowest BCUT2D eigenvalue weighted by Gasteiger charge is -2.13. The van der Waals surface area contributed by atoms with Gasteiger partial charge in [-0.05, 0) is 73.2 Å². The standard InChI is InChI=1S/C22H20Cl2N2O5S/c1-14-11-18(32(28,29)26-16-5-3-15(23)4-6-16)8-10-20(14)31-13-22(27)25-17-7-9-21(30-2)19(24)12-17/h3-12,26H,13H2,1-2H3,(H,25,27). The first-order chi connectivity index (χ1) is 15.2. The van der Waals surface area contributed by atoms with E-state index < -0.39 is 15.9 Å². The number of carbonyl (C=O) groups is 1. The molecule has 0 fully saturated rings. The number of aryl methyl sites for hydroxylation is 1. The normalized spacial score (nSPS) is 11.0. The molecule has 0 heterocycles. The van der Waals surface area contributed by atoms with Gasteiger partial charge in [0.05, 0.1) is 17.0 Å². The highest BCUT2D eigenvalue weighted by Crippen LogP contribution is 2.27. The number of hydrogen-bond donors (Lipinski definition) is 2. The Morgan fingerprint density at radius 3 is 2.22 bits per heavy atom. The second-order valence-electron chi connectivity index (χ2n) is 6.73. The maximum absolute atomic E-state index is 12.6. The molecule has 0 saturated carbocycles. The molecule has 3 rings (SSSR count). The molecule has 10 heteroatoms. The van der Waals surface area contributed by atoms with E-state index in [4.69, 9.17) is 32.7 Å². The summed E-state index contributed by atoms with van der Waals surface area (Å²) in [6, 6.07) is 15.6. The first kappa shape index (κ1) is 23.7. The molecule has 168 valence electrons. The number of amides is 1. The van der Waals surface area contributed by atoms with Crippen molar-refractivity contribution in [1.82, 2.24) is 0 Å². The van der Waals surface area contributed by atoms with Crippen LogP contribution in [0.4, 0.5) is 11.4 Å². The minimum atomic E-state index is -3.80. The summed E-state index contributed by atoms with van der Waals surface area (Å²) in [6.07, 6.45) is 0. The number of nitrogens with one attached hydrogen (secondary N) is 2. The van der Waals surface area contributed by atoms with Gasteiger partial charge in [-0.15, -0.1) is 0 Å². The molecule has 0 atom stereocenters. The van der Waals surface area contributed by atoms with E-state index in [1.807, 2.05) is 0 Å². The highest BCUT2D eigenvalue weighted by atomic mass is 35.5. The van der Waals surface area contributed by atoms with E-state index in [2.05, 4.69) is 10.0 Å². The molecule has 0 saturated heterocycles. The molecule has 0 aliphatic heterocycles. The monoisotopic (exact) mass is 494 g/mol. The average Bonchev–Trinajstić information content (AvgIpc) is 2.74. The fourth-order valence-corrected chi connectivity index (χ4v) is 4.29. The summed E-state index contributed by atoms with van der Waals surface area (Å²) in [5.74, 6) is 0.488. The van der Waals surface area contributed by atoms with Crippen LogP contribution in [0.15, 0.2) is 65.6 Å². The average molecular weight is 495 g/mol. The topological polar surface area (TPSA) is 93.7 Å². The second-order valence-corrected chi connectivity index (χ2v) is 9.25. The molecule has 3 aromatic carbocycles. The van der Waals surface area contributed by atoms with Crippen molar-refractivity contribution in [1.29, 1.82) is 0 Å². The van der Waals surface area contributed by atoms with E-state index in [1.54, 1.807) is 49.4 Å².